The van der Waals surface area contributed by atoms with E-state index in [2.05, 4.69) is 15.4 Å². The van der Waals surface area contributed by atoms with Crippen LogP contribution in [0.2, 0.25) is 0 Å². The number of aromatic nitrogens is 4. The predicted octanol–water partition coefficient (Wildman–Crippen LogP) is 1.18. The fourth-order valence-corrected chi connectivity index (χ4v) is 4.65. The maximum Gasteiger partial charge on any atom is 0.306 e. The van der Waals surface area contributed by atoms with Gasteiger partial charge in [-0.05, 0) is 48.9 Å². The highest BCUT2D eigenvalue weighted by atomic mass is 16.4. The summed E-state index contributed by atoms with van der Waals surface area (Å²) in [5.74, 6) is -0.638. The van der Waals surface area contributed by atoms with Crippen LogP contribution in [-0.4, -0.2) is 45.0 Å². The number of nitrogen functional groups attached to an aromatic ring is 1. The number of H-pyrrole nitrogens is 1. The Morgan fingerprint density at radius 1 is 1.21 bits per heavy atom. The molecule has 0 unspecified atom stereocenters. The Hall–Kier alpha value is -3.82. The first-order valence-electron chi connectivity index (χ1n) is 10.9. The van der Waals surface area contributed by atoms with Gasteiger partial charge in [0.1, 0.15) is 13.7 Å². The minimum Gasteiger partial charge on any atom is -0.481 e. The highest BCUT2D eigenvalue weighted by molar-refractivity contribution is 6.36. The Kier molecular flexibility index (Phi) is 5.28. The molecule has 1 aliphatic heterocycles. The minimum absolute atomic E-state index is 0.0702. The molecule has 0 bridgehead atoms. The van der Waals surface area contributed by atoms with Crippen molar-refractivity contribution >= 4 is 42.0 Å². The number of carboxylic acids is 1. The lowest BCUT2D eigenvalue weighted by Crippen LogP contribution is -2.28. The van der Waals surface area contributed by atoms with E-state index in [1.54, 1.807) is 23.0 Å². The predicted molar refractivity (Wildman–Crippen MR) is 126 cm³/mol. The van der Waals surface area contributed by atoms with E-state index in [0.717, 1.165) is 28.1 Å². The van der Waals surface area contributed by atoms with Gasteiger partial charge in [0, 0.05) is 47.2 Å². The molecule has 0 saturated heterocycles. The van der Waals surface area contributed by atoms with Gasteiger partial charge in [-0.2, -0.15) is 9.61 Å². The number of anilines is 1. The molecular weight excluding hydrogens is 419 g/mol. The number of aromatic amines is 1. The van der Waals surface area contributed by atoms with Gasteiger partial charge in [0.15, 0.2) is 5.65 Å². The van der Waals surface area contributed by atoms with Crippen molar-refractivity contribution in [2.45, 2.75) is 31.6 Å². The van der Waals surface area contributed by atoms with E-state index in [9.17, 15) is 14.7 Å². The van der Waals surface area contributed by atoms with E-state index in [1.165, 1.54) is 6.07 Å². The lowest BCUT2D eigenvalue weighted by Gasteiger charge is -2.27. The molecule has 10 heteroatoms. The summed E-state index contributed by atoms with van der Waals surface area (Å²) >= 11 is 0. The van der Waals surface area contributed by atoms with Crippen LogP contribution in [-0.2, 0) is 4.79 Å². The molecule has 3 aromatic rings. The molecule has 9 nitrogen and oxygen atoms in total. The molecule has 5 N–H and O–H groups in total. The van der Waals surface area contributed by atoms with Gasteiger partial charge in [0.05, 0.1) is 12.1 Å². The smallest absolute Gasteiger partial charge is 0.306 e. The summed E-state index contributed by atoms with van der Waals surface area (Å²) < 4.78 is 1.55. The molecule has 0 spiro atoms. The van der Waals surface area contributed by atoms with Gasteiger partial charge in [0.25, 0.3) is 0 Å². The summed E-state index contributed by atoms with van der Waals surface area (Å²) in [6, 6.07) is 3.26. The molecule has 4 heterocycles. The topological polar surface area (TPSA) is 138 Å². The summed E-state index contributed by atoms with van der Waals surface area (Å²) in [5.41, 5.74) is 11.6. The number of nitrogens with zero attached hydrogens (tertiary/aromatic N) is 3. The van der Waals surface area contributed by atoms with Gasteiger partial charge < -0.3 is 21.1 Å². The van der Waals surface area contributed by atoms with Gasteiger partial charge in [-0.3, -0.25) is 9.59 Å². The zero-order chi connectivity index (χ0) is 23.1. The van der Waals surface area contributed by atoms with Gasteiger partial charge in [-0.25, -0.2) is 4.98 Å². The molecule has 2 radical (unpaired) electrons. The van der Waals surface area contributed by atoms with Crippen molar-refractivity contribution < 1.29 is 9.90 Å². The number of rotatable bonds is 4. The van der Waals surface area contributed by atoms with Crippen molar-refractivity contribution in [3.63, 3.8) is 0 Å². The van der Waals surface area contributed by atoms with Crippen molar-refractivity contribution in [1.82, 2.24) is 24.9 Å². The Morgan fingerprint density at radius 3 is 2.64 bits per heavy atom. The van der Waals surface area contributed by atoms with Crippen LogP contribution in [0.25, 0.3) is 16.9 Å². The van der Waals surface area contributed by atoms with Crippen LogP contribution in [0.3, 0.4) is 0 Å². The number of aliphatic carboxylic acids is 1. The van der Waals surface area contributed by atoms with Crippen LogP contribution in [0.5, 0.6) is 0 Å². The van der Waals surface area contributed by atoms with Crippen molar-refractivity contribution in [3.05, 3.63) is 63.9 Å². The van der Waals surface area contributed by atoms with Crippen molar-refractivity contribution in [1.29, 1.82) is 0 Å². The number of hydrogen-bond acceptors (Lipinski definition) is 6. The second-order valence-electron chi connectivity index (χ2n) is 8.54. The molecule has 1 aliphatic carbocycles. The number of pyridine rings is 1. The number of carboxylic acid groups (broad SMARTS) is 1. The zero-order valence-corrected chi connectivity index (χ0v) is 17.9. The molecule has 1 fully saturated rings. The first kappa shape index (κ1) is 21.1. The number of carbonyl (C=O) groups is 1. The van der Waals surface area contributed by atoms with Crippen LogP contribution in [0.15, 0.2) is 41.5 Å². The molecule has 0 aromatic carbocycles. The molecule has 0 atom stereocenters. The van der Waals surface area contributed by atoms with Crippen LogP contribution in [0.4, 0.5) is 5.82 Å². The standard InChI is InChI=1S/C23H23BN6O3/c24-19-20(12-1-3-13(4-2-12)23(32)33)29-22-16(11-28-30(22)21(19)25)14-5-7-17(26-9-14)15-6-8-18(31)27-10-15/h5-8,10-13,26H,1-4,9,25H2,(H,27,31)(H,32,33). The number of nitrogens with one attached hydrogen (secondary N) is 2. The number of allylic oxidation sites excluding steroid dienone is 2. The molecule has 166 valence electrons. The third-order valence-corrected chi connectivity index (χ3v) is 6.58. The lowest BCUT2D eigenvalue weighted by molar-refractivity contribution is -0.142. The van der Waals surface area contributed by atoms with E-state index in [-0.39, 0.29) is 17.4 Å². The lowest BCUT2D eigenvalue weighted by atomic mass is 9.77. The van der Waals surface area contributed by atoms with E-state index in [1.807, 2.05) is 12.2 Å². The molecule has 3 aromatic heterocycles. The summed E-state index contributed by atoms with van der Waals surface area (Å²) in [6.45, 7) is 0.553. The third-order valence-electron chi connectivity index (χ3n) is 6.58. The number of fused-ring (bicyclic) bond motifs is 1. The van der Waals surface area contributed by atoms with Crippen LogP contribution < -0.4 is 22.1 Å². The second-order valence-corrected chi connectivity index (χ2v) is 8.54. The zero-order valence-electron chi connectivity index (χ0n) is 17.9. The van der Waals surface area contributed by atoms with Crippen molar-refractivity contribution in [3.8, 4) is 0 Å². The summed E-state index contributed by atoms with van der Waals surface area (Å²) in [4.78, 5) is 30.2. The normalized spacial score (nSPS) is 20.7. The van der Waals surface area contributed by atoms with Gasteiger partial charge >= 0.3 is 5.97 Å². The van der Waals surface area contributed by atoms with Crippen LogP contribution >= 0.6 is 0 Å². The maximum atomic E-state index is 11.3. The third kappa shape index (κ3) is 3.81. The van der Waals surface area contributed by atoms with Crippen molar-refractivity contribution in [2.24, 2.45) is 5.92 Å². The first-order chi connectivity index (χ1) is 15.9. The van der Waals surface area contributed by atoms with E-state index in [0.29, 0.717) is 49.2 Å². The molecular formula is C23H23BN6O3. The monoisotopic (exact) mass is 442 g/mol. The molecule has 5 rings (SSSR count). The average Bonchev–Trinajstić information content (AvgIpc) is 3.26. The van der Waals surface area contributed by atoms with Gasteiger partial charge in [-0.15, -0.1) is 0 Å². The quantitative estimate of drug-likeness (QED) is 0.445. The van der Waals surface area contributed by atoms with Crippen molar-refractivity contribution in [2.75, 3.05) is 12.3 Å². The number of nitrogens with two attached hydrogens (primary N) is 1. The fraction of sp³-hybridized carbons (Fsp3) is 0.304. The largest absolute Gasteiger partial charge is 0.481 e. The van der Waals surface area contributed by atoms with E-state index >= 15 is 0 Å². The fourth-order valence-electron chi connectivity index (χ4n) is 4.65. The Labute approximate surface area is 190 Å². The molecule has 1 saturated carbocycles. The van der Waals surface area contributed by atoms with E-state index < -0.39 is 5.97 Å². The second kappa shape index (κ2) is 8.27. The maximum absolute atomic E-state index is 11.3. The summed E-state index contributed by atoms with van der Waals surface area (Å²) in [7, 11) is 6.33. The van der Waals surface area contributed by atoms with Crippen LogP contribution in [0.1, 0.15) is 48.4 Å². The molecule has 2 aliphatic rings. The first-order valence-corrected chi connectivity index (χ1v) is 10.9. The molecule has 0 amide bonds. The highest BCUT2D eigenvalue weighted by Crippen LogP contribution is 2.35. The van der Waals surface area contributed by atoms with Crippen LogP contribution in [0, 0.1) is 5.92 Å². The van der Waals surface area contributed by atoms with Gasteiger partial charge in [-0.1, -0.05) is 6.08 Å². The SMILES string of the molecule is [B]c1c(C2CCC(C(=O)O)CC2)nc2c(C3=CC=C(c4ccc(=O)[nH]c4)NC3)cnn2c1N. The Morgan fingerprint density at radius 2 is 2.00 bits per heavy atom. The minimum atomic E-state index is -0.742. The molecule has 33 heavy (non-hydrogen) atoms. The summed E-state index contributed by atoms with van der Waals surface area (Å²) in [6.07, 6.45) is 9.98. The number of hydrogen-bond donors (Lipinski definition) is 4. The highest BCUT2D eigenvalue weighted by Gasteiger charge is 2.29. The van der Waals surface area contributed by atoms with Gasteiger partial charge in [0.2, 0.25) is 5.56 Å². The Balaban J connectivity index is 1.48. The Bertz CT molecular complexity index is 1340. The summed E-state index contributed by atoms with van der Waals surface area (Å²) in [5, 5.41) is 17.1. The average molecular weight is 442 g/mol. The van der Waals surface area contributed by atoms with E-state index in [4.69, 9.17) is 18.6 Å². The number of dihydropyridines is 1.